The Hall–Kier alpha value is -2.09. The lowest BCUT2D eigenvalue weighted by Crippen LogP contribution is -2.45. The molecule has 8 heteroatoms. The molecule has 0 radical (unpaired) electrons. The Morgan fingerprint density at radius 2 is 2.00 bits per heavy atom. The van der Waals surface area contributed by atoms with Crippen LogP contribution in [0.5, 0.6) is 0 Å². The second-order valence-corrected chi connectivity index (χ2v) is 8.70. The largest absolute Gasteiger partial charge is 0.396 e. The number of rotatable bonds is 7. The highest BCUT2D eigenvalue weighted by Crippen LogP contribution is 2.32. The van der Waals surface area contributed by atoms with E-state index in [9.17, 15) is 19.5 Å². The zero-order valence-electron chi connectivity index (χ0n) is 16.6. The average Bonchev–Trinajstić information content (AvgIpc) is 3.00. The van der Waals surface area contributed by atoms with Crippen LogP contribution in [0.3, 0.4) is 0 Å². The van der Waals surface area contributed by atoms with E-state index in [0.717, 1.165) is 41.5 Å². The van der Waals surface area contributed by atoms with Gasteiger partial charge < -0.3 is 10.0 Å². The van der Waals surface area contributed by atoms with E-state index >= 15 is 0 Å². The van der Waals surface area contributed by atoms with Crippen molar-refractivity contribution < 1.29 is 19.5 Å². The van der Waals surface area contributed by atoms with Crippen molar-refractivity contribution >= 4 is 46.5 Å². The number of benzene rings is 1. The molecule has 1 unspecified atom stereocenters. The summed E-state index contributed by atoms with van der Waals surface area (Å²) in [5.74, 6) is -0.513. The molecule has 0 bridgehead atoms. The van der Waals surface area contributed by atoms with E-state index < -0.39 is 11.1 Å². The number of carbonyl (C=O) groups excluding carboxylic acids is 3. The van der Waals surface area contributed by atoms with Crippen molar-refractivity contribution in [1.82, 2.24) is 9.80 Å². The summed E-state index contributed by atoms with van der Waals surface area (Å²) >= 11 is 7.07. The average molecular weight is 449 g/mol. The Balaban J connectivity index is 1.61. The topological polar surface area (TPSA) is 77.9 Å². The van der Waals surface area contributed by atoms with Crippen molar-refractivity contribution in [2.24, 2.45) is 0 Å². The van der Waals surface area contributed by atoms with Crippen LogP contribution in [0.2, 0.25) is 0 Å². The van der Waals surface area contributed by atoms with Crippen molar-refractivity contribution in [2.75, 3.05) is 19.7 Å². The first-order valence-corrected chi connectivity index (χ1v) is 11.3. The summed E-state index contributed by atoms with van der Waals surface area (Å²) in [4.78, 5) is 40.7. The molecule has 0 aliphatic carbocycles. The fourth-order valence-electron chi connectivity index (χ4n) is 3.70. The minimum atomic E-state index is -0.428. The molecule has 2 aliphatic rings. The predicted molar refractivity (Wildman–Crippen MR) is 119 cm³/mol. The lowest BCUT2D eigenvalue weighted by atomic mass is 9.99. The standard InChI is InChI=1S/C22H25ClN2O4S/c23-17(14-16-6-2-1-3-7-16)15-19-21(28)25(22(29)30-19)12-9-20(27)24-11-5-4-8-18(24)10-13-26/h1-3,6-7,14-15,18,26H,4-5,8-13H2. The van der Waals surface area contributed by atoms with Gasteiger partial charge >= 0.3 is 0 Å². The van der Waals surface area contributed by atoms with Crippen LogP contribution in [0.15, 0.2) is 46.3 Å². The smallest absolute Gasteiger partial charge is 0.293 e. The van der Waals surface area contributed by atoms with Gasteiger partial charge in [0.1, 0.15) is 0 Å². The fourth-order valence-corrected chi connectivity index (χ4v) is 4.85. The van der Waals surface area contributed by atoms with Crippen molar-refractivity contribution in [2.45, 2.75) is 38.1 Å². The van der Waals surface area contributed by atoms with E-state index in [1.807, 2.05) is 30.3 Å². The van der Waals surface area contributed by atoms with Gasteiger partial charge in [-0.05, 0) is 55.2 Å². The number of thioether (sulfide) groups is 1. The highest BCUT2D eigenvalue weighted by Gasteiger charge is 2.36. The van der Waals surface area contributed by atoms with Gasteiger partial charge in [0.05, 0.1) is 4.91 Å². The third-order valence-corrected chi connectivity index (χ3v) is 6.33. The Kier molecular flexibility index (Phi) is 8.13. The van der Waals surface area contributed by atoms with Crippen molar-refractivity contribution in [3.05, 3.63) is 51.9 Å². The van der Waals surface area contributed by atoms with Gasteiger partial charge in [-0.25, -0.2) is 0 Å². The first-order chi connectivity index (χ1) is 14.5. The van der Waals surface area contributed by atoms with E-state index in [4.69, 9.17) is 11.6 Å². The third kappa shape index (κ3) is 5.74. The minimum Gasteiger partial charge on any atom is -0.396 e. The molecule has 2 heterocycles. The van der Waals surface area contributed by atoms with E-state index in [1.54, 1.807) is 11.0 Å². The van der Waals surface area contributed by atoms with Gasteiger partial charge in [-0.1, -0.05) is 41.9 Å². The number of imide groups is 1. The Morgan fingerprint density at radius 1 is 1.23 bits per heavy atom. The van der Waals surface area contributed by atoms with Crippen LogP contribution in [-0.2, 0) is 9.59 Å². The summed E-state index contributed by atoms with van der Waals surface area (Å²) in [5, 5.41) is 9.18. The molecule has 2 aliphatic heterocycles. The molecule has 1 atom stereocenters. The number of allylic oxidation sites excluding steroid dienone is 2. The van der Waals surface area contributed by atoms with Gasteiger partial charge in [0.25, 0.3) is 11.1 Å². The highest BCUT2D eigenvalue weighted by atomic mass is 35.5. The Morgan fingerprint density at radius 3 is 2.73 bits per heavy atom. The first kappa shape index (κ1) is 22.6. The summed E-state index contributed by atoms with van der Waals surface area (Å²) < 4.78 is 0. The zero-order valence-corrected chi connectivity index (χ0v) is 18.2. The molecule has 160 valence electrons. The van der Waals surface area contributed by atoms with Crippen LogP contribution in [0.1, 0.15) is 37.7 Å². The van der Waals surface area contributed by atoms with Gasteiger partial charge in [0.15, 0.2) is 0 Å². The molecular formula is C22H25ClN2O4S. The number of aliphatic hydroxyl groups is 1. The minimum absolute atomic E-state index is 0.0352. The van der Waals surface area contributed by atoms with E-state index in [0.29, 0.717) is 18.0 Å². The summed E-state index contributed by atoms with van der Waals surface area (Å²) in [6.45, 7) is 0.744. The van der Waals surface area contributed by atoms with Crippen LogP contribution in [-0.4, -0.2) is 57.7 Å². The van der Waals surface area contributed by atoms with Crippen molar-refractivity contribution in [3.8, 4) is 0 Å². The monoisotopic (exact) mass is 448 g/mol. The van der Waals surface area contributed by atoms with Gasteiger partial charge in [0.2, 0.25) is 5.91 Å². The van der Waals surface area contributed by atoms with E-state index in [-0.39, 0.29) is 36.4 Å². The maximum atomic E-state index is 12.7. The summed E-state index contributed by atoms with van der Waals surface area (Å²) in [7, 11) is 0. The molecule has 30 heavy (non-hydrogen) atoms. The molecule has 6 nitrogen and oxygen atoms in total. The number of likely N-dealkylation sites (tertiary alicyclic amines) is 1. The second kappa shape index (κ2) is 10.8. The number of amides is 3. The van der Waals surface area contributed by atoms with Crippen molar-refractivity contribution in [1.29, 1.82) is 0 Å². The maximum absolute atomic E-state index is 12.7. The quantitative estimate of drug-likeness (QED) is 0.638. The number of halogens is 1. The number of aliphatic hydroxyl groups excluding tert-OH is 1. The number of nitrogens with zero attached hydrogens (tertiary/aromatic N) is 2. The van der Waals surface area contributed by atoms with Crippen LogP contribution in [0.4, 0.5) is 4.79 Å². The van der Waals surface area contributed by atoms with Crippen molar-refractivity contribution in [3.63, 3.8) is 0 Å². The summed E-state index contributed by atoms with van der Waals surface area (Å²) in [5.41, 5.74) is 0.891. The molecule has 2 fully saturated rings. The summed E-state index contributed by atoms with van der Waals surface area (Å²) in [6, 6.07) is 9.47. The molecule has 3 amide bonds. The zero-order chi connectivity index (χ0) is 21.5. The molecule has 1 aromatic rings. The summed E-state index contributed by atoms with van der Waals surface area (Å²) in [6.07, 6.45) is 6.70. The van der Waals surface area contributed by atoms with Crippen LogP contribution in [0, 0.1) is 0 Å². The predicted octanol–water partition coefficient (Wildman–Crippen LogP) is 4.00. The molecule has 2 saturated heterocycles. The normalized spacial score (nSPS) is 21.6. The van der Waals surface area contributed by atoms with Crippen LogP contribution >= 0.6 is 23.4 Å². The SMILES string of the molecule is O=C1SC(=CC(Cl)=Cc2ccccc2)C(=O)N1CCC(=O)N1CCCCC1CCO. The van der Waals surface area contributed by atoms with Gasteiger partial charge in [-0.2, -0.15) is 0 Å². The number of carbonyl (C=O) groups is 3. The van der Waals surface area contributed by atoms with Crippen LogP contribution < -0.4 is 0 Å². The molecule has 1 N–H and O–H groups in total. The van der Waals surface area contributed by atoms with Gasteiger partial charge in [0, 0.05) is 37.2 Å². The van der Waals surface area contributed by atoms with Gasteiger partial charge in [-0.15, -0.1) is 0 Å². The number of hydrogen-bond donors (Lipinski definition) is 1. The molecule has 3 rings (SSSR count). The number of hydrogen-bond acceptors (Lipinski definition) is 5. The first-order valence-electron chi connectivity index (χ1n) is 10.1. The Bertz CT molecular complexity index is 854. The van der Waals surface area contributed by atoms with Gasteiger partial charge in [-0.3, -0.25) is 19.3 Å². The second-order valence-electron chi connectivity index (χ2n) is 7.27. The Labute approximate surface area is 185 Å². The fraction of sp³-hybridized carbons (Fsp3) is 0.409. The number of piperidine rings is 1. The lowest BCUT2D eigenvalue weighted by Gasteiger charge is -2.36. The molecule has 0 saturated carbocycles. The maximum Gasteiger partial charge on any atom is 0.293 e. The van der Waals surface area contributed by atoms with E-state index in [2.05, 4.69) is 0 Å². The molecule has 1 aromatic carbocycles. The van der Waals surface area contributed by atoms with E-state index in [1.165, 1.54) is 6.08 Å². The highest BCUT2D eigenvalue weighted by molar-refractivity contribution is 8.18. The lowest BCUT2D eigenvalue weighted by molar-refractivity contribution is -0.135. The molecular weight excluding hydrogens is 424 g/mol. The third-order valence-electron chi connectivity index (χ3n) is 5.21. The van der Waals surface area contributed by atoms with Crippen LogP contribution in [0.25, 0.3) is 6.08 Å². The molecule has 0 aromatic heterocycles. The molecule has 0 spiro atoms.